The van der Waals surface area contributed by atoms with E-state index in [0.29, 0.717) is 5.75 Å². The van der Waals surface area contributed by atoms with Crippen molar-refractivity contribution in [2.45, 2.75) is 19.4 Å². The molecular weight excluding hydrogens is 267 g/mol. The van der Waals surface area contributed by atoms with E-state index in [4.69, 9.17) is 9.84 Å². The van der Waals surface area contributed by atoms with Crippen LogP contribution in [0.5, 0.6) is 5.75 Å². The summed E-state index contributed by atoms with van der Waals surface area (Å²) in [5, 5.41) is 8.82. The number of carboxylic acid groups (broad SMARTS) is 1. The molecule has 82 valence electrons. The van der Waals surface area contributed by atoms with Crippen molar-refractivity contribution in [1.29, 1.82) is 0 Å². The molecule has 0 saturated carbocycles. The van der Waals surface area contributed by atoms with Crippen molar-refractivity contribution < 1.29 is 19.0 Å². The average Bonchev–Trinajstić information content (AvgIpc) is 2.10. The Labute approximate surface area is 95.0 Å². The molecule has 1 aromatic rings. The maximum absolute atomic E-state index is 12.9. The number of halogens is 2. The summed E-state index contributed by atoms with van der Waals surface area (Å²) in [5.74, 6) is -1.20. The molecule has 0 unspecified atom stereocenters. The molecule has 0 radical (unpaired) electrons. The van der Waals surface area contributed by atoms with Gasteiger partial charge in [-0.15, -0.1) is 0 Å². The highest BCUT2D eigenvalue weighted by molar-refractivity contribution is 9.10. The van der Waals surface area contributed by atoms with Crippen LogP contribution in [0.2, 0.25) is 0 Å². The molecule has 0 heterocycles. The fourth-order valence-electron chi connectivity index (χ4n) is 0.879. The fourth-order valence-corrected chi connectivity index (χ4v) is 1.24. The Morgan fingerprint density at radius 2 is 2.13 bits per heavy atom. The third kappa shape index (κ3) is 2.92. The number of carbonyl (C=O) groups is 1. The smallest absolute Gasteiger partial charge is 0.347 e. The van der Waals surface area contributed by atoms with Gasteiger partial charge in [-0.3, -0.25) is 0 Å². The summed E-state index contributed by atoms with van der Waals surface area (Å²) in [4.78, 5) is 10.8. The number of benzene rings is 1. The molecule has 1 rings (SSSR count). The minimum absolute atomic E-state index is 0.237. The van der Waals surface area contributed by atoms with Crippen LogP contribution in [0.15, 0.2) is 22.7 Å². The minimum atomic E-state index is -1.34. The minimum Gasteiger partial charge on any atom is -0.478 e. The molecule has 3 nitrogen and oxygen atoms in total. The van der Waals surface area contributed by atoms with Crippen LogP contribution in [0.25, 0.3) is 0 Å². The van der Waals surface area contributed by atoms with Gasteiger partial charge in [0.25, 0.3) is 0 Å². The summed E-state index contributed by atoms with van der Waals surface area (Å²) >= 11 is 2.99. The van der Waals surface area contributed by atoms with Gasteiger partial charge in [0, 0.05) is 0 Å². The molecule has 0 atom stereocenters. The van der Waals surface area contributed by atoms with E-state index in [1.54, 1.807) is 0 Å². The maximum atomic E-state index is 12.9. The van der Waals surface area contributed by atoms with Gasteiger partial charge < -0.3 is 9.84 Å². The molecule has 0 aromatic heterocycles. The lowest BCUT2D eigenvalue weighted by Crippen LogP contribution is -2.37. The second kappa shape index (κ2) is 4.18. The summed E-state index contributed by atoms with van der Waals surface area (Å²) in [6, 6.07) is 3.97. The third-order valence-corrected chi connectivity index (χ3v) is 2.39. The Hall–Kier alpha value is -1.10. The van der Waals surface area contributed by atoms with E-state index in [0.717, 1.165) is 0 Å². The van der Waals surface area contributed by atoms with E-state index < -0.39 is 17.4 Å². The summed E-state index contributed by atoms with van der Waals surface area (Å²) in [6.07, 6.45) is 0. The molecule has 5 heteroatoms. The Kier molecular flexibility index (Phi) is 3.34. The van der Waals surface area contributed by atoms with Crippen LogP contribution in [-0.2, 0) is 4.79 Å². The molecule has 1 N–H and O–H groups in total. The highest BCUT2D eigenvalue weighted by Gasteiger charge is 2.29. The summed E-state index contributed by atoms with van der Waals surface area (Å²) in [6.45, 7) is 2.85. The normalized spacial score (nSPS) is 11.2. The zero-order valence-electron chi connectivity index (χ0n) is 8.25. The first kappa shape index (κ1) is 12.0. The maximum Gasteiger partial charge on any atom is 0.347 e. The molecule has 0 saturated heterocycles. The van der Waals surface area contributed by atoms with Gasteiger partial charge in [0.05, 0.1) is 4.47 Å². The molecule has 0 spiro atoms. The van der Waals surface area contributed by atoms with Crippen molar-refractivity contribution >= 4 is 21.9 Å². The standard InChI is InChI=1S/C10H10BrFO3/c1-10(2,9(13)14)15-6-3-4-8(12)7(11)5-6/h3-5H,1-2H3,(H,13,14). The number of carboxylic acids is 1. The van der Waals surface area contributed by atoms with E-state index in [2.05, 4.69) is 15.9 Å². The Balaban J connectivity index is 2.91. The third-order valence-electron chi connectivity index (χ3n) is 1.78. The van der Waals surface area contributed by atoms with Crippen LogP contribution in [0.4, 0.5) is 4.39 Å². The van der Waals surface area contributed by atoms with Crippen LogP contribution < -0.4 is 4.74 Å². The zero-order chi connectivity index (χ0) is 11.6. The van der Waals surface area contributed by atoms with Crippen molar-refractivity contribution in [1.82, 2.24) is 0 Å². The van der Waals surface area contributed by atoms with Crippen LogP contribution in [0.1, 0.15) is 13.8 Å². The van der Waals surface area contributed by atoms with Gasteiger partial charge in [0.2, 0.25) is 0 Å². The fraction of sp³-hybridized carbons (Fsp3) is 0.300. The molecular formula is C10H10BrFO3. The highest BCUT2D eigenvalue weighted by Crippen LogP contribution is 2.24. The summed E-state index contributed by atoms with van der Waals surface area (Å²) in [7, 11) is 0. The molecule has 1 aromatic carbocycles. The molecule has 0 fully saturated rings. The average molecular weight is 277 g/mol. The molecule has 0 aliphatic rings. The Morgan fingerprint density at radius 1 is 1.53 bits per heavy atom. The first-order valence-electron chi connectivity index (χ1n) is 4.20. The quantitative estimate of drug-likeness (QED) is 0.924. The second-order valence-corrected chi connectivity index (χ2v) is 4.35. The number of rotatable bonds is 3. The molecule has 0 bridgehead atoms. The van der Waals surface area contributed by atoms with Crippen molar-refractivity contribution in [3.05, 3.63) is 28.5 Å². The van der Waals surface area contributed by atoms with Crippen molar-refractivity contribution in [2.75, 3.05) is 0 Å². The van der Waals surface area contributed by atoms with Crippen molar-refractivity contribution in [3.8, 4) is 5.75 Å². The number of aliphatic carboxylic acids is 1. The van der Waals surface area contributed by atoms with Gasteiger partial charge in [-0.2, -0.15) is 0 Å². The topological polar surface area (TPSA) is 46.5 Å². The van der Waals surface area contributed by atoms with Gasteiger partial charge in [0.1, 0.15) is 11.6 Å². The van der Waals surface area contributed by atoms with E-state index in [1.807, 2.05) is 0 Å². The molecule has 15 heavy (non-hydrogen) atoms. The highest BCUT2D eigenvalue weighted by atomic mass is 79.9. The predicted molar refractivity (Wildman–Crippen MR) is 56.4 cm³/mol. The Morgan fingerprint density at radius 3 is 2.60 bits per heavy atom. The number of ether oxygens (including phenoxy) is 1. The van der Waals surface area contributed by atoms with Gasteiger partial charge in [0.15, 0.2) is 5.60 Å². The zero-order valence-corrected chi connectivity index (χ0v) is 9.84. The van der Waals surface area contributed by atoms with Crippen molar-refractivity contribution in [2.24, 2.45) is 0 Å². The Bertz CT molecular complexity index is 390. The number of hydrogen-bond donors (Lipinski definition) is 1. The van der Waals surface area contributed by atoms with E-state index in [1.165, 1.54) is 32.0 Å². The van der Waals surface area contributed by atoms with E-state index in [-0.39, 0.29) is 4.47 Å². The van der Waals surface area contributed by atoms with Crippen LogP contribution in [0, 0.1) is 5.82 Å². The van der Waals surface area contributed by atoms with Gasteiger partial charge in [-0.1, -0.05) is 0 Å². The first-order chi connectivity index (χ1) is 6.83. The summed E-state index contributed by atoms with van der Waals surface area (Å²) in [5.41, 5.74) is -1.34. The lowest BCUT2D eigenvalue weighted by Gasteiger charge is -2.21. The van der Waals surface area contributed by atoms with Gasteiger partial charge in [-0.25, -0.2) is 9.18 Å². The monoisotopic (exact) mass is 276 g/mol. The first-order valence-corrected chi connectivity index (χ1v) is 4.99. The van der Waals surface area contributed by atoms with Crippen LogP contribution in [-0.4, -0.2) is 16.7 Å². The lowest BCUT2D eigenvalue weighted by atomic mass is 10.1. The molecule has 0 aliphatic carbocycles. The van der Waals surface area contributed by atoms with Gasteiger partial charge >= 0.3 is 5.97 Å². The van der Waals surface area contributed by atoms with E-state index in [9.17, 15) is 9.18 Å². The predicted octanol–water partition coefficient (Wildman–Crippen LogP) is 2.83. The SMILES string of the molecule is CC(C)(Oc1ccc(F)c(Br)c1)C(=O)O. The van der Waals surface area contributed by atoms with Crippen LogP contribution in [0.3, 0.4) is 0 Å². The largest absolute Gasteiger partial charge is 0.478 e. The lowest BCUT2D eigenvalue weighted by molar-refractivity contribution is -0.152. The second-order valence-electron chi connectivity index (χ2n) is 3.49. The van der Waals surface area contributed by atoms with Crippen LogP contribution >= 0.6 is 15.9 Å². The molecule has 0 aliphatic heterocycles. The van der Waals surface area contributed by atoms with Crippen molar-refractivity contribution in [3.63, 3.8) is 0 Å². The molecule has 0 amide bonds. The summed E-state index contributed by atoms with van der Waals surface area (Å²) < 4.78 is 18.3. The van der Waals surface area contributed by atoms with Gasteiger partial charge in [-0.05, 0) is 48.0 Å². The number of hydrogen-bond acceptors (Lipinski definition) is 2. The van der Waals surface area contributed by atoms with E-state index >= 15 is 0 Å².